The summed E-state index contributed by atoms with van der Waals surface area (Å²) in [5.41, 5.74) is 3.04. The van der Waals surface area contributed by atoms with Crippen molar-refractivity contribution in [1.29, 1.82) is 0 Å². The second kappa shape index (κ2) is 5.16. The molecule has 2 heterocycles. The Labute approximate surface area is 125 Å². The number of carbonyl (C=O) groups is 1. The van der Waals surface area contributed by atoms with Crippen molar-refractivity contribution in [2.75, 3.05) is 5.32 Å². The van der Waals surface area contributed by atoms with Crippen LogP contribution in [-0.4, -0.2) is 5.91 Å². The minimum atomic E-state index is -0.240. The van der Waals surface area contributed by atoms with E-state index in [0.717, 1.165) is 28.1 Å². The first-order valence-corrected chi connectivity index (χ1v) is 7.64. The van der Waals surface area contributed by atoms with Gasteiger partial charge in [0, 0.05) is 17.0 Å². The summed E-state index contributed by atoms with van der Waals surface area (Å²) < 4.78 is 0. The number of nitrogens with one attached hydrogen (secondary N) is 1. The standard InChI is InChI=1S/C14H11Cl2NOS/c15-10-5-6-19-14(10)13(16)9-1-3-11-8(7-9)2-4-12(18)17-11/h1,3,5-7,13H,2,4H2,(H,17,18). The zero-order valence-corrected chi connectivity index (χ0v) is 12.3. The van der Waals surface area contributed by atoms with Crippen molar-refractivity contribution in [3.63, 3.8) is 0 Å². The lowest BCUT2D eigenvalue weighted by Gasteiger charge is -2.19. The quantitative estimate of drug-likeness (QED) is 0.806. The van der Waals surface area contributed by atoms with Crippen LogP contribution in [0.25, 0.3) is 0 Å². The Morgan fingerprint density at radius 2 is 2.11 bits per heavy atom. The number of aryl methyl sites for hydroxylation is 1. The Balaban J connectivity index is 1.94. The Morgan fingerprint density at radius 1 is 1.26 bits per heavy atom. The third-order valence-corrected chi connectivity index (χ3v) is 5.22. The summed E-state index contributed by atoms with van der Waals surface area (Å²) in [4.78, 5) is 12.3. The van der Waals surface area contributed by atoms with E-state index in [4.69, 9.17) is 23.2 Å². The van der Waals surface area contributed by atoms with Gasteiger partial charge in [-0.3, -0.25) is 4.79 Å². The van der Waals surface area contributed by atoms with Gasteiger partial charge < -0.3 is 5.32 Å². The molecule has 19 heavy (non-hydrogen) atoms. The predicted octanol–water partition coefficient (Wildman–Crippen LogP) is 4.61. The Morgan fingerprint density at radius 3 is 2.84 bits per heavy atom. The smallest absolute Gasteiger partial charge is 0.224 e. The number of benzene rings is 1. The molecule has 98 valence electrons. The average Bonchev–Trinajstić information content (AvgIpc) is 2.83. The lowest BCUT2D eigenvalue weighted by molar-refractivity contribution is -0.116. The summed E-state index contributed by atoms with van der Waals surface area (Å²) >= 11 is 14.2. The summed E-state index contributed by atoms with van der Waals surface area (Å²) in [7, 11) is 0. The van der Waals surface area contributed by atoms with Gasteiger partial charge in [0.15, 0.2) is 0 Å². The molecule has 3 rings (SSSR count). The van der Waals surface area contributed by atoms with E-state index in [2.05, 4.69) is 11.4 Å². The molecule has 1 amide bonds. The van der Waals surface area contributed by atoms with Crippen molar-refractivity contribution in [2.45, 2.75) is 18.2 Å². The van der Waals surface area contributed by atoms with Gasteiger partial charge in [0.25, 0.3) is 0 Å². The molecule has 1 N–H and O–H groups in total. The fraction of sp³-hybridized carbons (Fsp3) is 0.214. The monoisotopic (exact) mass is 311 g/mol. The number of alkyl halides is 1. The Bertz CT molecular complexity index is 638. The topological polar surface area (TPSA) is 29.1 Å². The number of fused-ring (bicyclic) bond motifs is 1. The lowest BCUT2D eigenvalue weighted by atomic mass is 9.99. The molecular weight excluding hydrogens is 301 g/mol. The van der Waals surface area contributed by atoms with Crippen LogP contribution in [0.15, 0.2) is 29.6 Å². The van der Waals surface area contributed by atoms with Gasteiger partial charge >= 0.3 is 0 Å². The molecule has 1 aromatic heterocycles. The van der Waals surface area contributed by atoms with Crippen LogP contribution >= 0.6 is 34.5 Å². The minimum absolute atomic E-state index is 0.0731. The third-order valence-electron chi connectivity index (χ3n) is 3.19. The highest BCUT2D eigenvalue weighted by atomic mass is 35.5. The fourth-order valence-electron chi connectivity index (χ4n) is 2.20. The summed E-state index contributed by atoms with van der Waals surface area (Å²) in [6.07, 6.45) is 1.29. The van der Waals surface area contributed by atoms with E-state index < -0.39 is 0 Å². The number of hydrogen-bond acceptors (Lipinski definition) is 2. The van der Waals surface area contributed by atoms with Crippen molar-refractivity contribution < 1.29 is 4.79 Å². The lowest BCUT2D eigenvalue weighted by Crippen LogP contribution is -2.19. The second-order valence-corrected chi connectivity index (χ2v) is 6.25. The summed E-state index contributed by atoms with van der Waals surface area (Å²) in [5.74, 6) is 0.0731. The van der Waals surface area contributed by atoms with Crippen LogP contribution in [0.5, 0.6) is 0 Å². The van der Waals surface area contributed by atoms with Crippen LogP contribution in [0.3, 0.4) is 0 Å². The number of amides is 1. The number of rotatable bonds is 2. The van der Waals surface area contributed by atoms with E-state index in [9.17, 15) is 4.79 Å². The Hall–Kier alpha value is -1.03. The SMILES string of the molecule is O=C1CCc2cc(C(Cl)c3sccc3Cl)ccc2N1. The number of thiophene rings is 1. The molecule has 5 heteroatoms. The second-order valence-electron chi connectivity index (χ2n) is 4.46. The van der Waals surface area contributed by atoms with Crippen LogP contribution in [0.4, 0.5) is 5.69 Å². The van der Waals surface area contributed by atoms with Gasteiger partial charge in [-0.15, -0.1) is 22.9 Å². The molecule has 1 aliphatic heterocycles. The molecule has 0 radical (unpaired) electrons. The van der Waals surface area contributed by atoms with Crippen LogP contribution in [0.1, 0.15) is 27.8 Å². The van der Waals surface area contributed by atoms with E-state index in [1.807, 2.05) is 23.6 Å². The molecule has 2 nitrogen and oxygen atoms in total. The predicted molar refractivity (Wildman–Crippen MR) is 80.4 cm³/mol. The zero-order valence-electron chi connectivity index (χ0n) is 9.95. The van der Waals surface area contributed by atoms with Crippen LogP contribution < -0.4 is 5.32 Å². The Kier molecular flexibility index (Phi) is 3.52. The van der Waals surface area contributed by atoms with Crippen molar-refractivity contribution in [3.05, 3.63) is 50.7 Å². The zero-order chi connectivity index (χ0) is 13.4. The van der Waals surface area contributed by atoms with Gasteiger partial charge in [-0.1, -0.05) is 23.7 Å². The minimum Gasteiger partial charge on any atom is -0.326 e. The summed E-state index contributed by atoms with van der Waals surface area (Å²) in [5, 5.41) is 5.27. The van der Waals surface area contributed by atoms with Gasteiger partial charge in [0.05, 0.1) is 10.4 Å². The maximum atomic E-state index is 11.3. The van der Waals surface area contributed by atoms with Gasteiger partial charge in [-0.05, 0) is 35.1 Å². The van der Waals surface area contributed by atoms with E-state index >= 15 is 0 Å². The van der Waals surface area contributed by atoms with Crippen molar-refractivity contribution in [3.8, 4) is 0 Å². The number of anilines is 1. The molecule has 2 aromatic rings. The number of hydrogen-bond donors (Lipinski definition) is 1. The molecule has 1 unspecified atom stereocenters. The third kappa shape index (κ3) is 2.50. The molecule has 0 fully saturated rings. The van der Waals surface area contributed by atoms with Crippen LogP contribution in [0, 0.1) is 0 Å². The van der Waals surface area contributed by atoms with Gasteiger partial charge in [0.2, 0.25) is 5.91 Å². The fourth-order valence-corrected chi connectivity index (χ4v) is 3.83. The van der Waals surface area contributed by atoms with Crippen LogP contribution in [0.2, 0.25) is 5.02 Å². The first kappa shape index (κ1) is 13.0. The largest absolute Gasteiger partial charge is 0.326 e. The summed E-state index contributed by atoms with van der Waals surface area (Å²) in [6.45, 7) is 0. The molecule has 1 atom stereocenters. The van der Waals surface area contributed by atoms with Crippen molar-refractivity contribution in [2.24, 2.45) is 0 Å². The normalized spacial score (nSPS) is 15.8. The molecule has 1 aromatic carbocycles. The highest BCUT2D eigenvalue weighted by Crippen LogP contribution is 2.38. The maximum Gasteiger partial charge on any atom is 0.224 e. The van der Waals surface area contributed by atoms with E-state index in [0.29, 0.717) is 11.4 Å². The van der Waals surface area contributed by atoms with Gasteiger partial charge in [0.1, 0.15) is 0 Å². The summed E-state index contributed by atoms with van der Waals surface area (Å²) in [6, 6.07) is 7.77. The molecule has 0 saturated heterocycles. The van der Waals surface area contributed by atoms with Crippen LogP contribution in [-0.2, 0) is 11.2 Å². The highest BCUT2D eigenvalue weighted by molar-refractivity contribution is 7.11. The molecular formula is C14H11Cl2NOS. The van der Waals surface area contributed by atoms with Gasteiger partial charge in [-0.25, -0.2) is 0 Å². The molecule has 0 aliphatic carbocycles. The number of halogens is 2. The molecule has 0 saturated carbocycles. The van der Waals surface area contributed by atoms with Crippen molar-refractivity contribution >= 4 is 46.1 Å². The van der Waals surface area contributed by atoms with E-state index in [1.54, 1.807) is 11.3 Å². The molecule has 0 spiro atoms. The average molecular weight is 312 g/mol. The molecule has 1 aliphatic rings. The van der Waals surface area contributed by atoms with E-state index in [1.165, 1.54) is 0 Å². The molecule has 0 bridgehead atoms. The maximum absolute atomic E-state index is 11.3. The van der Waals surface area contributed by atoms with E-state index in [-0.39, 0.29) is 11.3 Å². The highest BCUT2D eigenvalue weighted by Gasteiger charge is 2.19. The van der Waals surface area contributed by atoms with Crippen molar-refractivity contribution in [1.82, 2.24) is 0 Å². The first-order chi connectivity index (χ1) is 9.15. The number of carbonyl (C=O) groups excluding carboxylic acids is 1. The first-order valence-electron chi connectivity index (χ1n) is 5.95. The van der Waals surface area contributed by atoms with Gasteiger partial charge in [-0.2, -0.15) is 0 Å².